The molecule has 0 bridgehead atoms. The highest BCUT2D eigenvalue weighted by Gasteiger charge is 2.20. The van der Waals surface area contributed by atoms with E-state index < -0.39 is 0 Å². The Bertz CT molecular complexity index is 354. The Hall–Kier alpha value is -0.540. The molecule has 2 unspecified atom stereocenters. The van der Waals surface area contributed by atoms with Crippen LogP contribution in [0.1, 0.15) is 38.8 Å². The molecular formula is C14H22BrNO. The van der Waals surface area contributed by atoms with Crippen molar-refractivity contribution in [3.05, 3.63) is 28.2 Å². The summed E-state index contributed by atoms with van der Waals surface area (Å²) < 4.78 is 6.56. The predicted molar refractivity (Wildman–Crippen MR) is 76.6 cm³/mol. The molecule has 0 aliphatic heterocycles. The topological polar surface area (TPSA) is 21.3 Å². The molecule has 0 aliphatic carbocycles. The number of hydrogen-bond donors (Lipinski definition) is 1. The molecule has 2 nitrogen and oxygen atoms in total. The van der Waals surface area contributed by atoms with E-state index in [1.54, 1.807) is 7.11 Å². The van der Waals surface area contributed by atoms with Crippen LogP contribution in [0, 0.1) is 5.92 Å². The number of rotatable bonds is 6. The minimum Gasteiger partial charge on any atom is -0.496 e. The molecule has 1 N–H and O–H groups in total. The highest BCUT2D eigenvalue weighted by atomic mass is 79.9. The first-order chi connectivity index (χ1) is 8.13. The Labute approximate surface area is 113 Å². The lowest BCUT2D eigenvalue weighted by Crippen LogP contribution is -2.27. The smallest absolute Gasteiger partial charge is 0.123 e. The number of methoxy groups -OCH3 is 1. The maximum Gasteiger partial charge on any atom is 0.123 e. The van der Waals surface area contributed by atoms with E-state index in [4.69, 9.17) is 4.74 Å². The van der Waals surface area contributed by atoms with Crippen LogP contribution >= 0.6 is 15.9 Å². The minimum absolute atomic E-state index is 0.345. The fraction of sp³-hybridized carbons (Fsp3) is 0.571. The third kappa shape index (κ3) is 3.71. The number of benzene rings is 1. The number of halogens is 1. The van der Waals surface area contributed by atoms with Crippen LogP contribution < -0.4 is 10.1 Å². The fourth-order valence-electron chi connectivity index (χ4n) is 2.02. The first kappa shape index (κ1) is 14.5. The predicted octanol–water partition coefficient (Wildman–Crippen LogP) is 4.15. The van der Waals surface area contributed by atoms with Gasteiger partial charge in [0, 0.05) is 16.1 Å². The Balaban J connectivity index is 3.11. The lowest BCUT2D eigenvalue weighted by atomic mass is 9.92. The van der Waals surface area contributed by atoms with Crippen LogP contribution in [0.15, 0.2) is 22.7 Å². The average molecular weight is 300 g/mol. The van der Waals surface area contributed by atoms with Crippen LogP contribution in [0.2, 0.25) is 0 Å². The monoisotopic (exact) mass is 299 g/mol. The Kier molecular flexibility index (Phi) is 6.00. The van der Waals surface area contributed by atoms with Crippen molar-refractivity contribution in [1.29, 1.82) is 0 Å². The van der Waals surface area contributed by atoms with Crippen molar-refractivity contribution in [3.8, 4) is 5.75 Å². The summed E-state index contributed by atoms with van der Waals surface area (Å²) in [5.74, 6) is 1.54. The second kappa shape index (κ2) is 7.02. The molecule has 0 aliphatic rings. The molecule has 1 rings (SSSR count). The zero-order valence-electron chi connectivity index (χ0n) is 11.1. The summed E-state index contributed by atoms with van der Waals surface area (Å²) in [5, 5.41) is 3.55. The summed E-state index contributed by atoms with van der Waals surface area (Å²) in [6.45, 7) is 7.59. The average Bonchev–Trinajstić information content (AvgIpc) is 2.35. The summed E-state index contributed by atoms with van der Waals surface area (Å²) in [4.78, 5) is 0. The number of nitrogens with one attached hydrogen (secondary N) is 1. The molecule has 1 aromatic rings. The van der Waals surface area contributed by atoms with Crippen molar-refractivity contribution in [2.24, 2.45) is 5.92 Å². The van der Waals surface area contributed by atoms with Gasteiger partial charge >= 0.3 is 0 Å². The van der Waals surface area contributed by atoms with Crippen LogP contribution in [0.5, 0.6) is 5.75 Å². The van der Waals surface area contributed by atoms with Gasteiger partial charge in [0.15, 0.2) is 0 Å². The summed E-state index contributed by atoms with van der Waals surface area (Å²) in [5.41, 5.74) is 1.23. The van der Waals surface area contributed by atoms with E-state index in [2.05, 4.69) is 48.1 Å². The number of ether oxygens (including phenoxy) is 1. The summed E-state index contributed by atoms with van der Waals surface area (Å²) in [6, 6.07) is 6.53. The lowest BCUT2D eigenvalue weighted by Gasteiger charge is -2.26. The normalized spacial score (nSPS) is 14.4. The highest BCUT2D eigenvalue weighted by Crippen LogP contribution is 2.33. The van der Waals surface area contributed by atoms with Crippen LogP contribution in [0.25, 0.3) is 0 Å². The van der Waals surface area contributed by atoms with Crippen LogP contribution in [-0.2, 0) is 0 Å². The molecule has 0 spiro atoms. The summed E-state index contributed by atoms with van der Waals surface area (Å²) in [6.07, 6.45) is 1.15. The standard InChI is InChI=1S/C14H22BrNO/c1-5-10(3)14(16-6-2)12-9-11(15)7-8-13(12)17-4/h7-10,14,16H,5-6H2,1-4H3. The molecule has 0 fully saturated rings. The van der Waals surface area contributed by atoms with Gasteiger partial charge in [0.05, 0.1) is 7.11 Å². The van der Waals surface area contributed by atoms with E-state index >= 15 is 0 Å². The molecule has 0 amide bonds. The van der Waals surface area contributed by atoms with E-state index in [1.165, 1.54) is 5.56 Å². The van der Waals surface area contributed by atoms with Gasteiger partial charge in [-0.25, -0.2) is 0 Å². The molecule has 0 heterocycles. The zero-order chi connectivity index (χ0) is 12.8. The lowest BCUT2D eigenvalue weighted by molar-refractivity contribution is 0.355. The van der Waals surface area contributed by atoms with Crippen LogP contribution in [-0.4, -0.2) is 13.7 Å². The van der Waals surface area contributed by atoms with Crippen molar-refractivity contribution < 1.29 is 4.74 Å². The molecule has 2 atom stereocenters. The van der Waals surface area contributed by atoms with Crippen molar-refractivity contribution in [2.75, 3.05) is 13.7 Å². The molecule has 96 valence electrons. The van der Waals surface area contributed by atoms with Crippen molar-refractivity contribution >= 4 is 15.9 Å². The molecule has 0 saturated carbocycles. The molecular weight excluding hydrogens is 278 g/mol. The third-order valence-electron chi connectivity index (χ3n) is 3.16. The van der Waals surface area contributed by atoms with Gasteiger partial charge in [0.1, 0.15) is 5.75 Å². The minimum atomic E-state index is 0.345. The fourth-order valence-corrected chi connectivity index (χ4v) is 2.40. The second-order valence-electron chi connectivity index (χ2n) is 4.31. The maximum atomic E-state index is 5.46. The van der Waals surface area contributed by atoms with Gasteiger partial charge in [-0.05, 0) is 30.7 Å². The number of hydrogen-bond acceptors (Lipinski definition) is 2. The van der Waals surface area contributed by atoms with Crippen LogP contribution in [0.4, 0.5) is 0 Å². The van der Waals surface area contributed by atoms with Crippen LogP contribution in [0.3, 0.4) is 0 Å². The van der Waals surface area contributed by atoms with Gasteiger partial charge in [-0.3, -0.25) is 0 Å². The molecule has 0 saturated heterocycles. The van der Waals surface area contributed by atoms with E-state index in [1.807, 2.05) is 12.1 Å². The van der Waals surface area contributed by atoms with Gasteiger partial charge < -0.3 is 10.1 Å². The van der Waals surface area contributed by atoms with Crippen molar-refractivity contribution in [1.82, 2.24) is 5.32 Å². The summed E-state index contributed by atoms with van der Waals surface area (Å²) in [7, 11) is 1.73. The van der Waals surface area contributed by atoms with Crippen molar-refractivity contribution in [3.63, 3.8) is 0 Å². The van der Waals surface area contributed by atoms with E-state index in [-0.39, 0.29) is 0 Å². The molecule has 1 aromatic carbocycles. The largest absolute Gasteiger partial charge is 0.496 e. The van der Waals surface area contributed by atoms with E-state index in [0.717, 1.165) is 23.2 Å². The zero-order valence-corrected chi connectivity index (χ0v) is 12.7. The Morgan fingerprint density at radius 3 is 2.59 bits per heavy atom. The SMILES string of the molecule is CCNC(c1cc(Br)ccc1OC)C(C)CC. The first-order valence-corrected chi connectivity index (χ1v) is 7.00. The molecule has 3 heteroatoms. The molecule has 0 aromatic heterocycles. The third-order valence-corrected chi connectivity index (χ3v) is 3.66. The van der Waals surface area contributed by atoms with Gasteiger partial charge in [-0.15, -0.1) is 0 Å². The van der Waals surface area contributed by atoms with Gasteiger partial charge in [-0.2, -0.15) is 0 Å². The molecule has 17 heavy (non-hydrogen) atoms. The van der Waals surface area contributed by atoms with Gasteiger partial charge in [0.2, 0.25) is 0 Å². The molecule has 0 radical (unpaired) electrons. The van der Waals surface area contributed by atoms with E-state index in [9.17, 15) is 0 Å². The maximum absolute atomic E-state index is 5.46. The second-order valence-corrected chi connectivity index (χ2v) is 5.22. The quantitative estimate of drug-likeness (QED) is 0.852. The van der Waals surface area contributed by atoms with Gasteiger partial charge in [0.25, 0.3) is 0 Å². The summed E-state index contributed by atoms with van der Waals surface area (Å²) >= 11 is 3.53. The Morgan fingerprint density at radius 1 is 1.35 bits per heavy atom. The Morgan fingerprint density at radius 2 is 2.06 bits per heavy atom. The van der Waals surface area contributed by atoms with E-state index in [0.29, 0.717) is 12.0 Å². The highest BCUT2D eigenvalue weighted by molar-refractivity contribution is 9.10. The van der Waals surface area contributed by atoms with Gasteiger partial charge in [-0.1, -0.05) is 43.1 Å². The van der Waals surface area contributed by atoms with Crippen molar-refractivity contribution in [2.45, 2.75) is 33.2 Å². The first-order valence-electron chi connectivity index (χ1n) is 6.20.